The standard InChI is InChI=1S/C15H17NO4/c1-16(10-12-5-4-8-20-12)15(17)13-7-6-11(18-2)9-14(13)19-3/h4-9H,10H2,1-3H3. The minimum Gasteiger partial charge on any atom is -0.497 e. The maximum atomic E-state index is 12.4. The van der Waals surface area contributed by atoms with E-state index in [0.29, 0.717) is 23.6 Å². The molecule has 0 aliphatic carbocycles. The smallest absolute Gasteiger partial charge is 0.257 e. The average Bonchev–Trinajstić information content (AvgIpc) is 2.98. The zero-order chi connectivity index (χ0) is 14.5. The van der Waals surface area contributed by atoms with Gasteiger partial charge in [0.2, 0.25) is 0 Å². The largest absolute Gasteiger partial charge is 0.497 e. The van der Waals surface area contributed by atoms with Crippen LogP contribution in [0.4, 0.5) is 0 Å². The zero-order valence-corrected chi connectivity index (χ0v) is 11.8. The Morgan fingerprint density at radius 1 is 1.25 bits per heavy atom. The summed E-state index contributed by atoms with van der Waals surface area (Å²) in [5.74, 6) is 1.72. The van der Waals surface area contributed by atoms with Gasteiger partial charge in [-0.3, -0.25) is 4.79 Å². The van der Waals surface area contributed by atoms with Gasteiger partial charge in [-0.05, 0) is 24.3 Å². The number of nitrogens with zero attached hydrogens (tertiary/aromatic N) is 1. The monoisotopic (exact) mass is 275 g/mol. The summed E-state index contributed by atoms with van der Waals surface area (Å²) >= 11 is 0. The molecule has 0 N–H and O–H groups in total. The van der Waals surface area contributed by atoms with E-state index in [1.807, 2.05) is 6.07 Å². The molecule has 0 atom stereocenters. The molecular weight excluding hydrogens is 258 g/mol. The molecule has 1 aromatic heterocycles. The third-order valence-electron chi connectivity index (χ3n) is 2.96. The van der Waals surface area contributed by atoms with Gasteiger partial charge in [0.15, 0.2) is 0 Å². The predicted molar refractivity (Wildman–Crippen MR) is 74.1 cm³/mol. The Bertz CT molecular complexity index is 578. The highest BCUT2D eigenvalue weighted by Crippen LogP contribution is 2.25. The van der Waals surface area contributed by atoms with Crippen LogP contribution in [0, 0.1) is 0 Å². The fourth-order valence-electron chi connectivity index (χ4n) is 1.89. The molecule has 106 valence electrons. The van der Waals surface area contributed by atoms with Gasteiger partial charge in [0.25, 0.3) is 5.91 Å². The first-order valence-electron chi connectivity index (χ1n) is 6.15. The van der Waals surface area contributed by atoms with Crippen molar-refractivity contribution in [2.45, 2.75) is 6.54 Å². The Hall–Kier alpha value is -2.43. The van der Waals surface area contributed by atoms with Crippen LogP contribution in [0.1, 0.15) is 16.1 Å². The Morgan fingerprint density at radius 2 is 2.05 bits per heavy atom. The summed E-state index contributed by atoms with van der Waals surface area (Å²) in [6, 6.07) is 8.74. The lowest BCUT2D eigenvalue weighted by Gasteiger charge is -2.17. The minimum absolute atomic E-state index is 0.138. The van der Waals surface area contributed by atoms with E-state index in [1.54, 1.807) is 49.6 Å². The molecule has 0 fully saturated rings. The first kappa shape index (κ1) is 14.0. The molecule has 0 bridgehead atoms. The van der Waals surface area contributed by atoms with E-state index in [0.717, 1.165) is 5.76 Å². The van der Waals surface area contributed by atoms with E-state index in [4.69, 9.17) is 13.9 Å². The van der Waals surface area contributed by atoms with Gasteiger partial charge in [-0.2, -0.15) is 0 Å². The van der Waals surface area contributed by atoms with Crippen LogP contribution in [0.15, 0.2) is 41.0 Å². The molecule has 0 aliphatic heterocycles. The number of furan rings is 1. The summed E-state index contributed by atoms with van der Waals surface area (Å²) in [5.41, 5.74) is 0.488. The first-order chi connectivity index (χ1) is 9.65. The van der Waals surface area contributed by atoms with Crippen molar-refractivity contribution < 1.29 is 18.7 Å². The van der Waals surface area contributed by atoms with Crippen molar-refractivity contribution in [1.82, 2.24) is 4.90 Å². The lowest BCUT2D eigenvalue weighted by molar-refractivity contribution is 0.0772. The average molecular weight is 275 g/mol. The van der Waals surface area contributed by atoms with E-state index < -0.39 is 0 Å². The van der Waals surface area contributed by atoms with Crippen LogP contribution < -0.4 is 9.47 Å². The number of rotatable bonds is 5. The van der Waals surface area contributed by atoms with Gasteiger partial charge in [-0.1, -0.05) is 0 Å². The van der Waals surface area contributed by atoms with Crippen molar-refractivity contribution in [3.8, 4) is 11.5 Å². The quantitative estimate of drug-likeness (QED) is 0.841. The van der Waals surface area contributed by atoms with E-state index >= 15 is 0 Å². The highest BCUT2D eigenvalue weighted by molar-refractivity contribution is 5.97. The van der Waals surface area contributed by atoms with Crippen molar-refractivity contribution >= 4 is 5.91 Å². The molecule has 20 heavy (non-hydrogen) atoms. The fourth-order valence-corrected chi connectivity index (χ4v) is 1.89. The highest BCUT2D eigenvalue weighted by atomic mass is 16.5. The van der Waals surface area contributed by atoms with Crippen molar-refractivity contribution in [2.24, 2.45) is 0 Å². The molecule has 0 aliphatic rings. The minimum atomic E-state index is -0.138. The number of methoxy groups -OCH3 is 2. The Morgan fingerprint density at radius 3 is 2.65 bits per heavy atom. The number of hydrogen-bond acceptors (Lipinski definition) is 4. The molecule has 0 radical (unpaired) electrons. The molecule has 5 nitrogen and oxygen atoms in total. The predicted octanol–water partition coefficient (Wildman–Crippen LogP) is 2.57. The number of carbonyl (C=O) groups excluding carboxylic acids is 1. The summed E-state index contributed by atoms with van der Waals surface area (Å²) < 4.78 is 15.6. The summed E-state index contributed by atoms with van der Waals surface area (Å²) in [7, 11) is 4.81. The summed E-state index contributed by atoms with van der Waals surface area (Å²) in [6.45, 7) is 0.404. The summed E-state index contributed by atoms with van der Waals surface area (Å²) in [5, 5.41) is 0. The van der Waals surface area contributed by atoms with Crippen molar-refractivity contribution in [2.75, 3.05) is 21.3 Å². The van der Waals surface area contributed by atoms with Gasteiger partial charge in [-0.15, -0.1) is 0 Å². The van der Waals surface area contributed by atoms with Crippen molar-refractivity contribution in [3.05, 3.63) is 47.9 Å². The van der Waals surface area contributed by atoms with Crippen LogP contribution in [-0.4, -0.2) is 32.1 Å². The maximum absolute atomic E-state index is 12.4. The third kappa shape index (κ3) is 2.93. The number of ether oxygens (including phenoxy) is 2. The van der Waals surface area contributed by atoms with E-state index in [1.165, 1.54) is 7.11 Å². The second-order valence-electron chi connectivity index (χ2n) is 4.31. The van der Waals surface area contributed by atoms with Crippen molar-refractivity contribution in [3.63, 3.8) is 0 Å². The molecule has 1 aromatic carbocycles. The molecule has 0 saturated heterocycles. The van der Waals surface area contributed by atoms with Crippen LogP contribution in [0.2, 0.25) is 0 Å². The highest BCUT2D eigenvalue weighted by Gasteiger charge is 2.18. The Balaban J connectivity index is 2.19. The van der Waals surface area contributed by atoms with E-state index in [2.05, 4.69) is 0 Å². The molecule has 1 amide bonds. The lowest BCUT2D eigenvalue weighted by Crippen LogP contribution is -2.26. The third-order valence-corrected chi connectivity index (χ3v) is 2.96. The van der Waals surface area contributed by atoms with Crippen LogP contribution in [0.25, 0.3) is 0 Å². The molecule has 0 spiro atoms. The fraction of sp³-hybridized carbons (Fsp3) is 0.267. The molecule has 1 heterocycles. The molecule has 5 heteroatoms. The normalized spacial score (nSPS) is 10.2. The van der Waals surface area contributed by atoms with E-state index in [9.17, 15) is 4.79 Å². The Labute approximate surface area is 117 Å². The van der Waals surface area contributed by atoms with Gasteiger partial charge in [-0.25, -0.2) is 0 Å². The molecule has 0 saturated carbocycles. The van der Waals surface area contributed by atoms with Gasteiger partial charge < -0.3 is 18.8 Å². The number of hydrogen-bond donors (Lipinski definition) is 0. The number of carbonyl (C=O) groups is 1. The first-order valence-corrected chi connectivity index (χ1v) is 6.15. The van der Waals surface area contributed by atoms with Crippen molar-refractivity contribution in [1.29, 1.82) is 0 Å². The van der Waals surface area contributed by atoms with Crippen LogP contribution in [0.5, 0.6) is 11.5 Å². The van der Waals surface area contributed by atoms with Gasteiger partial charge >= 0.3 is 0 Å². The lowest BCUT2D eigenvalue weighted by atomic mass is 10.1. The molecule has 0 unspecified atom stereocenters. The maximum Gasteiger partial charge on any atom is 0.257 e. The zero-order valence-electron chi connectivity index (χ0n) is 11.8. The van der Waals surface area contributed by atoms with Gasteiger partial charge in [0, 0.05) is 13.1 Å². The van der Waals surface area contributed by atoms with Gasteiger partial charge in [0.1, 0.15) is 17.3 Å². The van der Waals surface area contributed by atoms with E-state index in [-0.39, 0.29) is 5.91 Å². The number of amides is 1. The molecule has 2 rings (SSSR count). The van der Waals surface area contributed by atoms with Crippen LogP contribution >= 0.6 is 0 Å². The summed E-state index contributed by atoms with van der Waals surface area (Å²) in [6.07, 6.45) is 1.58. The molecule has 2 aromatic rings. The Kier molecular flexibility index (Phi) is 4.30. The number of benzene rings is 1. The van der Waals surface area contributed by atoms with Crippen LogP contribution in [0.3, 0.4) is 0 Å². The second-order valence-corrected chi connectivity index (χ2v) is 4.31. The van der Waals surface area contributed by atoms with Crippen LogP contribution in [-0.2, 0) is 6.54 Å². The summed E-state index contributed by atoms with van der Waals surface area (Å²) in [4.78, 5) is 14.0. The molecular formula is C15H17NO4. The second kappa shape index (κ2) is 6.14. The topological polar surface area (TPSA) is 51.9 Å². The van der Waals surface area contributed by atoms with Gasteiger partial charge in [0.05, 0.1) is 32.6 Å². The SMILES string of the molecule is COc1ccc(C(=O)N(C)Cc2ccco2)c(OC)c1.